The molecule has 1 atom stereocenters. The van der Waals surface area contributed by atoms with Gasteiger partial charge in [0.15, 0.2) is 0 Å². The van der Waals surface area contributed by atoms with Crippen LogP contribution in [0.4, 0.5) is 0 Å². The molecule has 2 N–H and O–H groups in total. The molecule has 0 spiro atoms. The maximum Gasteiger partial charge on any atom is 0.221 e. The first-order chi connectivity index (χ1) is 6.83. The molecule has 1 saturated heterocycles. The number of rotatable bonds is 6. The minimum absolute atomic E-state index is 0.0988. The predicted molar refractivity (Wildman–Crippen MR) is 55.1 cm³/mol. The third-order valence-corrected chi connectivity index (χ3v) is 2.56. The highest BCUT2D eigenvalue weighted by Gasteiger charge is 2.14. The molecule has 1 heterocycles. The van der Waals surface area contributed by atoms with Crippen molar-refractivity contribution in [3.8, 4) is 0 Å². The summed E-state index contributed by atoms with van der Waals surface area (Å²) in [6, 6.07) is 0. The van der Waals surface area contributed by atoms with Crippen molar-refractivity contribution in [3.05, 3.63) is 0 Å². The molecule has 0 aromatic heterocycles. The number of carbonyl (C=O) groups is 1. The summed E-state index contributed by atoms with van der Waals surface area (Å²) in [6.45, 7) is 3.60. The van der Waals surface area contributed by atoms with Crippen molar-refractivity contribution in [2.24, 2.45) is 5.92 Å². The van der Waals surface area contributed by atoms with Crippen molar-refractivity contribution < 1.29 is 9.53 Å². The van der Waals surface area contributed by atoms with E-state index in [4.69, 9.17) is 4.74 Å². The van der Waals surface area contributed by atoms with E-state index in [9.17, 15) is 4.79 Å². The van der Waals surface area contributed by atoms with Crippen LogP contribution in [0.5, 0.6) is 0 Å². The van der Waals surface area contributed by atoms with Crippen LogP contribution in [0.1, 0.15) is 19.3 Å². The first-order valence-electron chi connectivity index (χ1n) is 5.32. The zero-order chi connectivity index (χ0) is 10.2. The van der Waals surface area contributed by atoms with Gasteiger partial charge >= 0.3 is 0 Å². The molecule has 0 aromatic carbocycles. The van der Waals surface area contributed by atoms with Crippen LogP contribution in [0.15, 0.2) is 0 Å². The van der Waals surface area contributed by atoms with E-state index in [0.717, 1.165) is 38.6 Å². The van der Waals surface area contributed by atoms with Gasteiger partial charge in [-0.25, -0.2) is 0 Å². The number of hydrogen-bond acceptors (Lipinski definition) is 3. The molecular formula is C10H20N2O2. The van der Waals surface area contributed by atoms with Crippen LogP contribution in [0.2, 0.25) is 0 Å². The third-order valence-electron chi connectivity index (χ3n) is 2.56. The van der Waals surface area contributed by atoms with Gasteiger partial charge < -0.3 is 15.4 Å². The van der Waals surface area contributed by atoms with E-state index in [-0.39, 0.29) is 5.91 Å². The zero-order valence-electron chi connectivity index (χ0n) is 8.84. The van der Waals surface area contributed by atoms with Crippen LogP contribution >= 0.6 is 0 Å². The molecule has 0 aromatic rings. The number of nitrogens with one attached hydrogen (secondary N) is 2. The quantitative estimate of drug-likeness (QED) is 0.600. The van der Waals surface area contributed by atoms with E-state index in [1.165, 1.54) is 6.42 Å². The Hall–Kier alpha value is -0.610. The highest BCUT2D eigenvalue weighted by molar-refractivity contribution is 5.75. The van der Waals surface area contributed by atoms with E-state index >= 15 is 0 Å². The lowest BCUT2D eigenvalue weighted by Crippen LogP contribution is -2.26. The monoisotopic (exact) mass is 200 g/mol. The summed E-state index contributed by atoms with van der Waals surface area (Å²) >= 11 is 0. The fourth-order valence-corrected chi connectivity index (χ4v) is 1.57. The summed E-state index contributed by atoms with van der Waals surface area (Å²) < 4.78 is 5.28. The van der Waals surface area contributed by atoms with Gasteiger partial charge in [0.25, 0.3) is 0 Å². The van der Waals surface area contributed by atoms with Crippen molar-refractivity contribution in [3.63, 3.8) is 0 Å². The lowest BCUT2D eigenvalue weighted by molar-refractivity contribution is -0.120. The molecule has 4 nitrogen and oxygen atoms in total. The summed E-state index contributed by atoms with van der Waals surface area (Å²) in [5, 5.41) is 5.86. The molecule has 0 aliphatic carbocycles. The lowest BCUT2D eigenvalue weighted by Gasteiger charge is -2.07. The summed E-state index contributed by atoms with van der Waals surface area (Å²) in [6.07, 6.45) is 2.92. The van der Waals surface area contributed by atoms with Crippen LogP contribution in [0.3, 0.4) is 0 Å². The van der Waals surface area contributed by atoms with Crippen molar-refractivity contribution in [2.75, 3.05) is 33.4 Å². The Balaban J connectivity index is 1.86. The summed E-state index contributed by atoms with van der Waals surface area (Å²) in [4.78, 5) is 10.9. The van der Waals surface area contributed by atoms with E-state index in [1.807, 2.05) is 0 Å². The molecule has 1 aliphatic rings. The Morgan fingerprint density at radius 1 is 1.50 bits per heavy atom. The molecule has 0 radical (unpaired) electrons. The molecular weight excluding hydrogens is 180 g/mol. The molecule has 1 fully saturated rings. The fourth-order valence-electron chi connectivity index (χ4n) is 1.57. The molecule has 1 aliphatic heterocycles. The SMILES string of the molecule is CNC(=O)CCNCCC1CCOC1. The second kappa shape index (κ2) is 6.79. The largest absolute Gasteiger partial charge is 0.381 e. The summed E-state index contributed by atoms with van der Waals surface area (Å²) in [7, 11) is 1.66. The first-order valence-corrected chi connectivity index (χ1v) is 5.32. The van der Waals surface area contributed by atoms with Crippen LogP contribution in [-0.4, -0.2) is 39.3 Å². The summed E-state index contributed by atoms with van der Waals surface area (Å²) in [5.41, 5.74) is 0. The minimum atomic E-state index is 0.0988. The van der Waals surface area contributed by atoms with Crippen molar-refractivity contribution in [2.45, 2.75) is 19.3 Å². The number of amides is 1. The van der Waals surface area contributed by atoms with E-state index < -0.39 is 0 Å². The molecule has 1 rings (SSSR count). The number of hydrogen-bond donors (Lipinski definition) is 2. The van der Waals surface area contributed by atoms with Crippen molar-refractivity contribution >= 4 is 5.91 Å². The Bertz CT molecular complexity index is 168. The highest BCUT2D eigenvalue weighted by Crippen LogP contribution is 2.14. The first kappa shape index (κ1) is 11.5. The molecule has 82 valence electrons. The Morgan fingerprint density at radius 2 is 2.36 bits per heavy atom. The highest BCUT2D eigenvalue weighted by atomic mass is 16.5. The van der Waals surface area contributed by atoms with E-state index in [1.54, 1.807) is 7.05 Å². The molecule has 1 unspecified atom stereocenters. The van der Waals surface area contributed by atoms with Gasteiger partial charge in [-0.1, -0.05) is 0 Å². The predicted octanol–water partition coefficient (Wildman–Crippen LogP) is 0.139. The van der Waals surface area contributed by atoms with Gasteiger partial charge in [-0.2, -0.15) is 0 Å². The molecule has 1 amide bonds. The Kier molecular flexibility index (Phi) is 5.56. The van der Waals surface area contributed by atoms with Crippen molar-refractivity contribution in [1.82, 2.24) is 10.6 Å². The average Bonchev–Trinajstić information content (AvgIpc) is 2.69. The zero-order valence-corrected chi connectivity index (χ0v) is 8.84. The van der Waals surface area contributed by atoms with Crippen LogP contribution < -0.4 is 10.6 Å². The Labute approximate surface area is 85.4 Å². The maximum atomic E-state index is 10.9. The average molecular weight is 200 g/mol. The van der Waals surface area contributed by atoms with Gasteiger partial charge in [-0.3, -0.25) is 4.79 Å². The molecule has 4 heteroatoms. The van der Waals surface area contributed by atoms with Gasteiger partial charge in [-0.15, -0.1) is 0 Å². The lowest BCUT2D eigenvalue weighted by atomic mass is 10.1. The van der Waals surface area contributed by atoms with Crippen LogP contribution in [0, 0.1) is 5.92 Å². The van der Waals surface area contributed by atoms with Crippen LogP contribution in [-0.2, 0) is 9.53 Å². The van der Waals surface area contributed by atoms with Gasteiger partial charge in [0.2, 0.25) is 5.91 Å². The van der Waals surface area contributed by atoms with Gasteiger partial charge in [0.05, 0.1) is 0 Å². The molecule has 0 bridgehead atoms. The molecule has 0 saturated carbocycles. The normalized spacial score (nSPS) is 21.1. The van der Waals surface area contributed by atoms with Crippen LogP contribution in [0.25, 0.3) is 0 Å². The maximum absolute atomic E-state index is 10.9. The summed E-state index contributed by atoms with van der Waals surface area (Å²) in [5.74, 6) is 0.823. The van der Waals surface area contributed by atoms with Gasteiger partial charge in [0, 0.05) is 33.2 Å². The third kappa shape index (κ3) is 4.58. The second-order valence-corrected chi connectivity index (χ2v) is 3.69. The van der Waals surface area contributed by atoms with E-state index in [2.05, 4.69) is 10.6 Å². The standard InChI is InChI=1S/C10H20N2O2/c1-11-10(13)3-6-12-5-2-9-4-7-14-8-9/h9,12H,2-8H2,1H3,(H,11,13). The smallest absolute Gasteiger partial charge is 0.221 e. The van der Waals surface area contributed by atoms with Gasteiger partial charge in [-0.05, 0) is 25.3 Å². The van der Waals surface area contributed by atoms with Gasteiger partial charge in [0.1, 0.15) is 0 Å². The van der Waals surface area contributed by atoms with E-state index in [0.29, 0.717) is 6.42 Å². The number of ether oxygens (including phenoxy) is 1. The second-order valence-electron chi connectivity index (χ2n) is 3.69. The molecule has 14 heavy (non-hydrogen) atoms. The van der Waals surface area contributed by atoms with Crippen molar-refractivity contribution in [1.29, 1.82) is 0 Å². The topological polar surface area (TPSA) is 50.4 Å². The number of carbonyl (C=O) groups excluding carboxylic acids is 1. The Morgan fingerprint density at radius 3 is 3.00 bits per heavy atom. The fraction of sp³-hybridized carbons (Fsp3) is 0.900. The minimum Gasteiger partial charge on any atom is -0.381 e.